The van der Waals surface area contributed by atoms with Gasteiger partial charge in [0.25, 0.3) is 11.5 Å². The summed E-state index contributed by atoms with van der Waals surface area (Å²) in [5.41, 5.74) is 3.64. The fourth-order valence-corrected chi connectivity index (χ4v) is 4.12. The first-order valence-corrected chi connectivity index (χ1v) is 11.9. The van der Waals surface area contributed by atoms with Gasteiger partial charge < -0.3 is 30.2 Å². The van der Waals surface area contributed by atoms with E-state index in [0.717, 1.165) is 12.1 Å². The maximum Gasteiger partial charge on any atom is 0.422 e. The SMILES string of the molecule is COCCC(C(=O)Nc1ccc(C(N)=O)c(F)c1)c1c(-c2cc(Cl)ccc2OCC(F)(F)F)c(OC)c[nH]c1=O. The first-order valence-electron chi connectivity index (χ1n) is 11.5. The highest BCUT2D eigenvalue weighted by atomic mass is 35.5. The van der Waals surface area contributed by atoms with E-state index in [1.165, 1.54) is 44.7 Å². The molecule has 9 nitrogen and oxygen atoms in total. The van der Waals surface area contributed by atoms with Gasteiger partial charge in [-0.3, -0.25) is 14.4 Å². The lowest BCUT2D eigenvalue weighted by molar-refractivity contribution is -0.153. The third kappa shape index (κ3) is 7.30. The van der Waals surface area contributed by atoms with Crippen LogP contribution in [-0.4, -0.2) is 50.4 Å². The Hall–Kier alpha value is -4.10. The Morgan fingerprint density at radius 1 is 1.12 bits per heavy atom. The predicted octanol–water partition coefficient (Wildman–Crippen LogP) is 4.64. The molecule has 0 saturated carbocycles. The summed E-state index contributed by atoms with van der Waals surface area (Å²) in [4.78, 5) is 40.5. The van der Waals surface area contributed by atoms with Gasteiger partial charge in [0, 0.05) is 47.3 Å². The lowest BCUT2D eigenvalue weighted by atomic mass is 9.88. The minimum atomic E-state index is -4.67. The fraction of sp³-hybridized carbons (Fsp3) is 0.269. The molecule has 0 bridgehead atoms. The van der Waals surface area contributed by atoms with Gasteiger partial charge in [0.05, 0.1) is 18.6 Å². The van der Waals surface area contributed by atoms with Gasteiger partial charge in [-0.15, -0.1) is 0 Å². The zero-order chi connectivity index (χ0) is 29.6. The van der Waals surface area contributed by atoms with E-state index in [-0.39, 0.29) is 51.9 Å². The number of carbonyl (C=O) groups is 2. The van der Waals surface area contributed by atoms with E-state index in [0.29, 0.717) is 0 Å². The minimum absolute atomic E-state index is 0.000739. The molecule has 1 unspecified atom stereocenters. The molecule has 0 aliphatic heterocycles. The predicted molar refractivity (Wildman–Crippen MR) is 138 cm³/mol. The summed E-state index contributed by atoms with van der Waals surface area (Å²) < 4.78 is 68.7. The van der Waals surface area contributed by atoms with Gasteiger partial charge >= 0.3 is 6.18 Å². The number of rotatable bonds is 11. The fourth-order valence-electron chi connectivity index (χ4n) is 3.95. The molecule has 0 fully saturated rings. The second-order valence-corrected chi connectivity index (χ2v) is 8.84. The molecule has 1 heterocycles. The molecule has 1 atom stereocenters. The summed E-state index contributed by atoms with van der Waals surface area (Å²) in [5.74, 6) is -4.34. The standard InChI is InChI=1S/C26H24ClF4N3O6/c1-38-8-7-16(24(36)34-14-4-5-15(23(32)35)18(28)10-14)22-21(20(39-2)11-33-25(22)37)17-9-13(27)3-6-19(17)40-12-26(29,30)31/h3-6,9-11,16H,7-8,12H2,1-2H3,(H2,32,35)(H,33,37)(H,34,36). The van der Waals surface area contributed by atoms with E-state index >= 15 is 0 Å². The average Bonchev–Trinajstić information content (AvgIpc) is 2.88. The zero-order valence-corrected chi connectivity index (χ0v) is 21.9. The van der Waals surface area contributed by atoms with E-state index in [9.17, 15) is 31.9 Å². The smallest absolute Gasteiger partial charge is 0.422 e. The number of nitrogens with two attached hydrogens (primary N) is 1. The normalized spacial score (nSPS) is 12.1. The summed E-state index contributed by atoms with van der Waals surface area (Å²) in [6.45, 7) is -1.65. The number of methoxy groups -OCH3 is 2. The number of ether oxygens (including phenoxy) is 3. The Balaban J connectivity index is 2.18. The van der Waals surface area contributed by atoms with Crippen molar-refractivity contribution in [2.24, 2.45) is 5.73 Å². The van der Waals surface area contributed by atoms with Crippen molar-refractivity contribution in [2.75, 3.05) is 32.8 Å². The van der Waals surface area contributed by atoms with Crippen molar-refractivity contribution in [3.63, 3.8) is 0 Å². The van der Waals surface area contributed by atoms with Crippen LogP contribution < -0.4 is 26.1 Å². The lowest BCUT2D eigenvalue weighted by Gasteiger charge is -2.22. The molecule has 0 spiro atoms. The third-order valence-electron chi connectivity index (χ3n) is 5.69. The monoisotopic (exact) mass is 585 g/mol. The molecule has 0 saturated heterocycles. The minimum Gasteiger partial charge on any atom is -0.495 e. The molecule has 0 radical (unpaired) electrons. The molecule has 0 aliphatic rings. The number of benzene rings is 2. The van der Waals surface area contributed by atoms with Gasteiger partial charge in [-0.25, -0.2) is 4.39 Å². The van der Waals surface area contributed by atoms with E-state index in [4.69, 9.17) is 31.5 Å². The van der Waals surface area contributed by atoms with Gasteiger partial charge in [0.15, 0.2) is 6.61 Å². The molecule has 2 aromatic carbocycles. The van der Waals surface area contributed by atoms with Gasteiger partial charge in [-0.05, 0) is 42.8 Å². The number of hydrogen-bond acceptors (Lipinski definition) is 6. The number of carbonyl (C=O) groups excluding carboxylic acids is 2. The Morgan fingerprint density at radius 2 is 1.85 bits per heavy atom. The van der Waals surface area contributed by atoms with Crippen LogP contribution in [0, 0.1) is 5.82 Å². The van der Waals surface area contributed by atoms with Crippen LogP contribution in [0.3, 0.4) is 0 Å². The molecule has 0 aliphatic carbocycles. The topological polar surface area (TPSA) is 133 Å². The summed E-state index contributed by atoms with van der Waals surface area (Å²) in [6, 6.07) is 6.97. The highest BCUT2D eigenvalue weighted by Gasteiger charge is 2.32. The number of amides is 2. The van der Waals surface area contributed by atoms with E-state index in [2.05, 4.69) is 10.3 Å². The summed E-state index contributed by atoms with van der Waals surface area (Å²) in [7, 11) is 2.62. The van der Waals surface area contributed by atoms with Crippen molar-refractivity contribution < 1.29 is 41.4 Å². The number of aromatic amines is 1. The second kappa shape index (κ2) is 12.8. The van der Waals surface area contributed by atoms with Crippen LogP contribution in [0.5, 0.6) is 11.5 Å². The zero-order valence-electron chi connectivity index (χ0n) is 21.2. The van der Waals surface area contributed by atoms with E-state index in [1.54, 1.807) is 0 Å². The van der Waals surface area contributed by atoms with Crippen molar-refractivity contribution in [1.82, 2.24) is 4.98 Å². The number of primary amides is 1. The summed E-state index contributed by atoms with van der Waals surface area (Å²) in [5, 5.41) is 2.59. The van der Waals surface area contributed by atoms with Gasteiger partial charge in [-0.1, -0.05) is 11.6 Å². The molecule has 2 amide bonds. The van der Waals surface area contributed by atoms with Gasteiger partial charge in [0.2, 0.25) is 5.91 Å². The Labute approximate surface area is 230 Å². The molecular formula is C26H24ClF4N3O6. The van der Waals surface area contributed by atoms with Crippen molar-refractivity contribution >= 4 is 29.1 Å². The van der Waals surface area contributed by atoms with Crippen molar-refractivity contribution in [1.29, 1.82) is 0 Å². The Morgan fingerprint density at radius 3 is 2.45 bits per heavy atom. The largest absolute Gasteiger partial charge is 0.495 e. The average molecular weight is 586 g/mol. The van der Waals surface area contributed by atoms with Crippen LogP contribution in [0.15, 0.2) is 47.4 Å². The van der Waals surface area contributed by atoms with Crippen LogP contribution in [0.25, 0.3) is 11.1 Å². The van der Waals surface area contributed by atoms with Gasteiger partial charge in [-0.2, -0.15) is 13.2 Å². The van der Waals surface area contributed by atoms with Crippen molar-refractivity contribution in [2.45, 2.75) is 18.5 Å². The molecule has 14 heteroatoms. The van der Waals surface area contributed by atoms with E-state index in [1.807, 2.05) is 0 Å². The van der Waals surface area contributed by atoms with Crippen LogP contribution in [0.4, 0.5) is 23.2 Å². The second-order valence-electron chi connectivity index (χ2n) is 8.40. The number of hydrogen-bond donors (Lipinski definition) is 3. The number of anilines is 1. The molecule has 4 N–H and O–H groups in total. The Kier molecular flexibility index (Phi) is 9.77. The molecular weight excluding hydrogens is 562 g/mol. The third-order valence-corrected chi connectivity index (χ3v) is 5.93. The van der Waals surface area contributed by atoms with E-state index < -0.39 is 47.5 Å². The maximum atomic E-state index is 14.3. The van der Waals surface area contributed by atoms with Crippen LogP contribution in [0.2, 0.25) is 5.02 Å². The molecule has 3 rings (SSSR count). The number of halogens is 5. The first kappa shape index (κ1) is 30.4. The first-order chi connectivity index (χ1) is 18.9. The maximum absolute atomic E-state index is 14.3. The molecule has 40 heavy (non-hydrogen) atoms. The molecule has 1 aromatic heterocycles. The van der Waals surface area contributed by atoms with Gasteiger partial charge in [0.1, 0.15) is 17.3 Å². The van der Waals surface area contributed by atoms with Crippen molar-refractivity contribution in [3.8, 4) is 22.6 Å². The molecule has 3 aromatic rings. The van der Waals surface area contributed by atoms with Crippen LogP contribution in [0.1, 0.15) is 28.3 Å². The number of aromatic nitrogens is 1. The highest BCUT2D eigenvalue weighted by molar-refractivity contribution is 6.31. The number of pyridine rings is 1. The molecule has 214 valence electrons. The number of alkyl halides is 3. The summed E-state index contributed by atoms with van der Waals surface area (Å²) >= 11 is 6.16. The quantitative estimate of drug-likeness (QED) is 0.281. The summed E-state index contributed by atoms with van der Waals surface area (Å²) in [6.07, 6.45) is -3.57. The number of nitrogens with one attached hydrogen (secondary N) is 2. The van der Waals surface area contributed by atoms with Crippen molar-refractivity contribution in [3.05, 3.63) is 74.9 Å². The lowest BCUT2D eigenvalue weighted by Crippen LogP contribution is -2.29. The van der Waals surface area contributed by atoms with Crippen LogP contribution in [-0.2, 0) is 9.53 Å². The van der Waals surface area contributed by atoms with Crippen LogP contribution >= 0.6 is 11.6 Å². The number of H-pyrrole nitrogens is 1. The highest BCUT2D eigenvalue weighted by Crippen LogP contribution is 2.42. The Bertz CT molecular complexity index is 1460.